The highest BCUT2D eigenvalue weighted by molar-refractivity contribution is 5.91. The Kier molecular flexibility index (Phi) is 9.18. The van der Waals surface area contributed by atoms with E-state index in [0.717, 1.165) is 49.4 Å². The van der Waals surface area contributed by atoms with Crippen LogP contribution in [0, 0.1) is 75.9 Å². The van der Waals surface area contributed by atoms with Crippen LogP contribution in [0.4, 0.5) is 0 Å². The molecule has 7 aliphatic rings. The van der Waals surface area contributed by atoms with Crippen molar-refractivity contribution in [3.05, 3.63) is 46.5 Å². The van der Waals surface area contributed by atoms with Crippen LogP contribution >= 0.6 is 0 Å². The molecule has 1 unspecified atom stereocenters. The van der Waals surface area contributed by atoms with Crippen LogP contribution in [0.15, 0.2) is 29.8 Å². The van der Waals surface area contributed by atoms with Gasteiger partial charge >= 0.3 is 0 Å². The van der Waals surface area contributed by atoms with Crippen molar-refractivity contribution < 1.29 is 14.6 Å². The molecule has 0 saturated heterocycles. The van der Waals surface area contributed by atoms with Crippen molar-refractivity contribution in [2.24, 2.45) is 69.0 Å². The highest BCUT2D eigenvalue weighted by Gasteiger charge is 2.65. The second-order valence-corrected chi connectivity index (χ2v) is 21.1. The molecule has 8 rings (SSSR count). The third kappa shape index (κ3) is 5.33. The molecule has 3 nitrogen and oxygen atoms in total. The number of rotatable bonds is 7. The lowest BCUT2D eigenvalue weighted by atomic mass is 9.38. The molecule has 0 aliphatic heterocycles. The third-order valence-corrected chi connectivity index (χ3v) is 19.1. The van der Waals surface area contributed by atoms with Crippen molar-refractivity contribution >= 4 is 5.78 Å². The first-order chi connectivity index (χ1) is 24.2. The van der Waals surface area contributed by atoms with Crippen LogP contribution in [-0.2, 0) is 21.4 Å². The molecule has 5 fully saturated rings. The first-order valence-corrected chi connectivity index (χ1v) is 21.8. The number of carbonyl (C=O) groups excluding carboxylic acids is 1. The number of fused-ring (bicyclic) bond motifs is 10. The van der Waals surface area contributed by atoms with Crippen LogP contribution in [-0.4, -0.2) is 30.2 Å². The molecule has 0 radical (unpaired) electrons. The summed E-state index contributed by atoms with van der Waals surface area (Å²) in [5, 5.41) is 9.87. The van der Waals surface area contributed by atoms with E-state index in [0.29, 0.717) is 46.9 Å². The fourth-order valence-electron chi connectivity index (χ4n) is 16.6. The van der Waals surface area contributed by atoms with Gasteiger partial charge in [-0.25, -0.2) is 0 Å². The minimum atomic E-state index is 0.203. The Morgan fingerprint density at radius 2 is 1.57 bits per heavy atom. The highest BCUT2D eigenvalue weighted by atomic mass is 16.5. The Morgan fingerprint density at radius 1 is 0.784 bits per heavy atom. The number of hydrogen-bond donors (Lipinski definition) is 1. The molecular formula is C48H72O3. The second kappa shape index (κ2) is 12.8. The first-order valence-electron chi connectivity index (χ1n) is 21.8. The van der Waals surface area contributed by atoms with Gasteiger partial charge in [-0.3, -0.25) is 4.79 Å². The lowest BCUT2D eigenvalue weighted by molar-refractivity contribution is -0.180. The van der Waals surface area contributed by atoms with Crippen LogP contribution in [0.25, 0.3) is 0 Å². The Morgan fingerprint density at radius 3 is 2.35 bits per heavy atom. The van der Waals surface area contributed by atoms with Gasteiger partial charge in [0.1, 0.15) is 0 Å². The van der Waals surface area contributed by atoms with Crippen LogP contribution in [0.2, 0.25) is 0 Å². The van der Waals surface area contributed by atoms with Gasteiger partial charge in [0, 0.05) is 19.6 Å². The smallest absolute Gasteiger partial charge is 0.155 e. The molecule has 3 heteroatoms. The number of ketones is 1. The van der Waals surface area contributed by atoms with Crippen molar-refractivity contribution in [2.45, 2.75) is 163 Å². The summed E-state index contributed by atoms with van der Waals surface area (Å²) < 4.78 is 7.16. The third-order valence-electron chi connectivity index (χ3n) is 19.1. The molecule has 13 atom stereocenters. The van der Waals surface area contributed by atoms with Crippen molar-refractivity contribution in [3.63, 3.8) is 0 Å². The lowest BCUT2D eigenvalue weighted by Gasteiger charge is -2.66. The van der Waals surface area contributed by atoms with Gasteiger partial charge in [0.25, 0.3) is 0 Å². The maximum Gasteiger partial charge on any atom is 0.155 e. The highest BCUT2D eigenvalue weighted by Crippen LogP contribution is 2.71. The van der Waals surface area contributed by atoms with E-state index < -0.39 is 0 Å². The average Bonchev–Trinajstić information content (AvgIpc) is 3.44. The SMILES string of the molecule is Cc1cccc2c1CC[C@H]1[C@]3(C)CC[C@@H](C(OCCCO)[C@@H](C)[C@H]4CC[C@H]5[C@@H]6CCC7=CC(=O)CC[C@]7(C)[C@H]6CC[C@]45C)C(C)(C)[C@H]3CC[C@]21C. The summed E-state index contributed by atoms with van der Waals surface area (Å²) in [6, 6.07) is 7.15. The average molecular weight is 697 g/mol. The minimum absolute atomic E-state index is 0.203. The minimum Gasteiger partial charge on any atom is -0.396 e. The monoisotopic (exact) mass is 697 g/mol. The van der Waals surface area contributed by atoms with E-state index >= 15 is 0 Å². The molecule has 1 N–H and O–H groups in total. The molecule has 0 aromatic heterocycles. The standard InChI is InChI=1S/C48H72O3/c1-30-11-9-12-37-34(30)15-18-42-47(37,7)26-22-41-44(3,4)40(21-25-48(41,42)8)43(51-28-10-27-49)31(2)36-16-17-38-35-14-13-32-29-33(50)19-23-45(32,5)39(35)20-24-46(36,38)6/h9,11-12,29,31,35-36,38-43,49H,10,13-28H2,1-8H3/t31-,35-,36+,38-,39-,40-,41+,42+,43?,45-,46+,47+,48+/m0/s1. The van der Waals surface area contributed by atoms with Crippen molar-refractivity contribution in [1.29, 1.82) is 0 Å². The summed E-state index contributed by atoms with van der Waals surface area (Å²) in [4.78, 5) is 12.4. The first kappa shape index (κ1) is 36.5. The fourth-order valence-corrected chi connectivity index (χ4v) is 16.6. The van der Waals surface area contributed by atoms with Crippen LogP contribution in [0.3, 0.4) is 0 Å². The zero-order chi connectivity index (χ0) is 36.1. The van der Waals surface area contributed by atoms with E-state index in [1.165, 1.54) is 81.8 Å². The number of aliphatic hydroxyl groups is 1. The van der Waals surface area contributed by atoms with Gasteiger partial charge in [-0.2, -0.15) is 0 Å². The van der Waals surface area contributed by atoms with Gasteiger partial charge in [0.15, 0.2) is 5.78 Å². The number of aryl methyl sites for hydroxylation is 1. The molecule has 5 saturated carbocycles. The predicted octanol–water partition coefficient (Wildman–Crippen LogP) is 11.2. The summed E-state index contributed by atoms with van der Waals surface area (Å²) >= 11 is 0. The number of carbonyl (C=O) groups is 1. The van der Waals surface area contributed by atoms with E-state index in [2.05, 4.69) is 79.7 Å². The van der Waals surface area contributed by atoms with Gasteiger partial charge in [-0.05, 0) is 194 Å². The predicted molar refractivity (Wildman–Crippen MR) is 208 cm³/mol. The molecule has 7 aliphatic carbocycles. The molecular weight excluding hydrogens is 625 g/mol. The molecule has 282 valence electrons. The van der Waals surface area contributed by atoms with Crippen LogP contribution < -0.4 is 0 Å². The molecule has 1 aromatic carbocycles. The Bertz CT molecular complexity index is 1540. The van der Waals surface area contributed by atoms with Crippen molar-refractivity contribution in [2.75, 3.05) is 13.2 Å². The molecule has 0 spiro atoms. The normalized spacial score (nSPS) is 45.2. The maximum atomic E-state index is 12.4. The van der Waals surface area contributed by atoms with Gasteiger partial charge in [0.2, 0.25) is 0 Å². The zero-order valence-corrected chi connectivity index (χ0v) is 33.8. The number of aliphatic hydroxyl groups excluding tert-OH is 1. The molecule has 0 amide bonds. The second-order valence-electron chi connectivity index (χ2n) is 21.1. The van der Waals surface area contributed by atoms with E-state index in [-0.39, 0.29) is 29.0 Å². The van der Waals surface area contributed by atoms with Gasteiger partial charge < -0.3 is 9.84 Å². The number of benzene rings is 1. The van der Waals surface area contributed by atoms with Crippen molar-refractivity contribution in [3.8, 4) is 0 Å². The Labute approximate surface area is 311 Å². The van der Waals surface area contributed by atoms with E-state index in [9.17, 15) is 9.90 Å². The van der Waals surface area contributed by atoms with E-state index in [1.807, 2.05) is 0 Å². The van der Waals surface area contributed by atoms with E-state index in [1.54, 1.807) is 11.1 Å². The molecule has 51 heavy (non-hydrogen) atoms. The van der Waals surface area contributed by atoms with Crippen LogP contribution in [0.1, 0.15) is 155 Å². The summed E-state index contributed by atoms with van der Waals surface area (Å²) in [7, 11) is 0. The summed E-state index contributed by atoms with van der Waals surface area (Å²) in [6.07, 6.45) is 20.5. The zero-order valence-electron chi connectivity index (χ0n) is 33.8. The topological polar surface area (TPSA) is 46.5 Å². The van der Waals surface area contributed by atoms with Crippen molar-refractivity contribution in [1.82, 2.24) is 0 Å². The number of allylic oxidation sites excluding steroid dienone is 1. The molecule has 0 heterocycles. The number of ether oxygens (including phenoxy) is 1. The lowest BCUT2D eigenvalue weighted by Crippen LogP contribution is -2.61. The molecule has 1 aromatic rings. The van der Waals surface area contributed by atoms with Crippen LogP contribution in [0.5, 0.6) is 0 Å². The number of hydrogen-bond acceptors (Lipinski definition) is 3. The maximum absolute atomic E-state index is 12.4. The van der Waals surface area contributed by atoms with Gasteiger partial charge in [-0.15, -0.1) is 0 Å². The largest absolute Gasteiger partial charge is 0.396 e. The fraction of sp³-hybridized carbons (Fsp3) is 0.812. The summed E-state index contributed by atoms with van der Waals surface area (Å²) in [5.41, 5.74) is 7.77. The summed E-state index contributed by atoms with van der Waals surface area (Å²) in [5.74, 6) is 5.93. The Balaban J connectivity index is 1.06. The molecule has 0 bridgehead atoms. The van der Waals surface area contributed by atoms with E-state index in [4.69, 9.17) is 4.74 Å². The van der Waals surface area contributed by atoms with Gasteiger partial charge in [0.05, 0.1) is 6.10 Å². The summed E-state index contributed by atoms with van der Waals surface area (Å²) in [6.45, 7) is 21.8. The quantitative estimate of drug-likeness (QED) is 0.289. The Hall–Kier alpha value is -1.45. The van der Waals surface area contributed by atoms with Gasteiger partial charge in [-0.1, -0.05) is 72.2 Å².